The number of nitrogens with zero attached hydrogens (tertiary/aromatic N) is 2. The lowest BCUT2D eigenvalue weighted by atomic mass is 10.0. The molecule has 1 aromatic carbocycles. The van der Waals surface area contributed by atoms with E-state index in [1.165, 1.54) is 12.8 Å². The number of nitrogens with one attached hydrogen (secondary N) is 1. The second-order valence-corrected chi connectivity index (χ2v) is 4.67. The Balaban J connectivity index is 1.89. The lowest BCUT2D eigenvalue weighted by molar-refractivity contribution is 0.397. The number of aromatic nitrogens is 2. The minimum Gasteiger partial charge on any atom is -0.307 e. The van der Waals surface area contributed by atoms with Crippen LogP contribution in [0, 0.1) is 0 Å². The molecule has 1 fully saturated rings. The van der Waals surface area contributed by atoms with E-state index in [0.29, 0.717) is 6.04 Å². The van der Waals surface area contributed by atoms with E-state index in [9.17, 15) is 0 Å². The van der Waals surface area contributed by atoms with Gasteiger partial charge in [-0.25, -0.2) is 9.97 Å². The summed E-state index contributed by atoms with van der Waals surface area (Å²) in [6.45, 7) is 1.07. The maximum atomic E-state index is 4.69. The highest BCUT2D eigenvalue weighted by Gasteiger charge is 2.17. The van der Waals surface area contributed by atoms with E-state index in [1.54, 1.807) is 0 Å². The van der Waals surface area contributed by atoms with Gasteiger partial charge in [0.2, 0.25) is 0 Å². The zero-order valence-corrected chi connectivity index (χ0v) is 10.3. The van der Waals surface area contributed by atoms with Crippen LogP contribution in [0.15, 0.2) is 42.6 Å². The van der Waals surface area contributed by atoms with Gasteiger partial charge < -0.3 is 5.32 Å². The molecule has 3 nitrogen and oxygen atoms in total. The van der Waals surface area contributed by atoms with E-state index in [2.05, 4.69) is 22.4 Å². The molecule has 0 radical (unpaired) electrons. The van der Waals surface area contributed by atoms with Crippen molar-refractivity contribution in [3.8, 4) is 11.3 Å². The Morgan fingerprint density at radius 1 is 1.06 bits per heavy atom. The summed E-state index contributed by atoms with van der Waals surface area (Å²) in [5.74, 6) is 0.927. The van der Waals surface area contributed by atoms with Crippen molar-refractivity contribution in [2.75, 3.05) is 6.54 Å². The second-order valence-electron chi connectivity index (χ2n) is 4.67. The van der Waals surface area contributed by atoms with Crippen molar-refractivity contribution in [3.05, 3.63) is 48.4 Å². The predicted octanol–water partition coefficient (Wildman–Crippen LogP) is 2.96. The van der Waals surface area contributed by atoms with E-state index in [0.717, 1.165) is 30.0 Å². The van der Waals surface area contributed by atoms with Gasteiger partial charge >= 0.3 is 0 Å². The number of rotatable bonds is 2. The molecule has 2 aromatic rings. The Morgan fingerprint density at radius 2 is 1.94 bits per heavy atom. The summed E-state index contributed by atoms with van der Waals surface area (Å²) in [7, 11) is 0. The van der Waals surface area contributed by atoms with Crippen LogP contribution < -0.4 is 5.32 Å². The fourth-order valence-electron chi connectivity index (χ4n) is 2.38. The van der Waals surface area contributed by atoms with E-state index in [-0.39, 0.29) is 0 Å². The molecule has 0 spiro atoms. The summed E-state index contributed by atoms with van der Waals surface area (Å²) in [5, 5.41) is 3.49. The van der Waals surface area contributed by atoms with Crippen LogP contribution in [0.4, 0.5) is 0 Å². The van der Waals surface area contributed by atoms with Gasteiger partial charge in [-0.1, -0.05) is 36.8 Å². The van der Waals surface area contributed by atoms with Crippen molar-refractivity contribution in [2.24, 2.45) is 0 Å². The fourth-order valence-corrected chi connectivity index (χ4v) is 2.38. The largest absolute Gasteiger partial charge is 0.307 e. The Morgan fingerprint density at radius 3 is 2.72 bits per heavy atom. The molecule has 0 saturated carbocycles. The molecular formula is C15H17N3. The molecule has 1 N–H and O–H groups in total. The zero-order valence-electron chi connectivity index (χ0n) is 10.3. The summed E-state index contributed by atoms with van der Waals surface area (Å²) in [5.41, 5.74) is 2.16. The van der Waals surface area contributed by atoms with Gasteiger partial charge in [-0.05, 0) is 25.5 Å². The number of hydrogen-bond donors (Lipinski definition) is 1. The number of benzene rings is 1. The highest BCUT2D eigenvalue weighted by molar-refractivity contribution is 5.58. The number of piperidine rings is 1. The van der Waals surface area contributed by atoms with E-state index >= 15 is 0 Å². The molecule has 1 aromatic heterocycles. The molecule has 0 bridgehead atoms. The summed E-state index contributed by atoms with van der Waals surface area (Å²) < 4.78 is 0. The summed E-state index contributed by atoms with van der Waals surface area (Å²) in [6, 6.07) is 12.6. The molecule has 1 aliphatic heterocycles. The average molecular weight is 239 g/mol. The van der Waals surface area contributed by atoms with Gasteiger partial charge in [0.25, 0.3) is 0 Å². The quantitative estimate of drug-likeness (QED) is 0.875. The van der Waals surface area contributed by atoms with Crippen molar-refractivity contribution >= 4 is 0 Å². The fraction of sp³-hybridized carbons (Fsp3) is 0.333. The molecule has 1 atom stereocenters. The van der Waals surface area contributed by atoms with Crippen LogP contribution in [0.2, 0.25) is 0 Å². The molecule has 18 heavy (non-hydrogen) atoms. The Labute approximate surface area is 107 Å². The third-order valence-corrected chi connectivity index (χ3v) is 3.37. The highest BCUT2D eigenvalue weighted by atomic mass is 15.0. The molecule has 3 heteroatoms. The Hall–Kier alpha value is -1.74. The minimum absolute atomic E-state index is 0.322. The van der Waals surface area contributed by atoms with Gasteiger partial charge in [0, 0.05) is 11.8 Å². The Kier molecular flexibility index (Phi) is 3.33. The molecule has 2 heterocycles. The van der Waals surface area contributed by atoms with Crippen LogP contribution in [0.1, 0.15) is 31.1 Å². The van der Waals surface area contributed by atoms with Crippen LogP contribution in [0.5, 0.6) is 0 Å². The van der Waals surface area contributed by atoms with Gasteiger partial charge in [-0.15, -0.1) is 0 Å². The lowest BCUT2D eigenvalue weighted by Crippen LogP contribution is -2.28. The average Bonchev–Trinajstić information content (AvgIpc) is 2.49. The van der Waals surface area contributed by atoms with Gasteiger partial charge in [-0.2, -0.15) is 0 Å². The summed E-state index contributed by atoms with van der Waals surface area (Å²) in [4.78, 5) is 9.11. The van der Waals surface area contributed by atoms with Crippen molar-refractivity contribution < 1.29 is 0 Å². The molecule has 0 amide bonds. The molecule has 1 aliphatic rings. The second kappa shape index (κ2) is 5.27. The predicted molar refractivity (Wildman–Crippen MR) is 72.1 cm³/mol. The smallest absolute Gasteiger partial charge is 0.145 e. The first kappa shape index (κ1) is 11.4. The van der Waals surface area contributed by atoms with Crippen LogP contribution in [0.3, 0.4) is 0 Å². The third kappa shape index (κ3) is 2.41. The minimum atomic E-state index is 0.322. The van der Waals surface area contributed by atoms with E-state index < -0.39 is 0 Å². The van der Waals surface area contributed by atoms with Crippen LogP contribution >= 0.6 is 0 Å². The monoisotopic (exact) mass is 239 g/mol. The molecule has 1 unspecified atom stereocenters. The van der Waals surface area contributed by atoms with Crippen molar-refractivity contribution in [1.29, 1.82) is 0 Å². The number of hydrogen-bond acceptors (Lipinski definition) is 3. The van der Waals surface area contributed by atoms with Gasteiger partial charge in [0.15, 0.2) is 0 Å². The summed E-state index contributed by atoms with van der Waals surface area (Å²) >= 11 is 0. The van der Waals surface area contributed by atoms with Crippen LogP contribution in [-0.4, -0.2) is 16.5 Å². The molecule has 1 saturated heterocycles. The third-order valence-electron chi connectivity index (χ3n) is 3.37. The topological polar surface area (TPSA) is 37.8 Å². The molecule has 3 rings (SSSR count). The Bertz CT molecular complexity index is 504. The van der Waals surface area contributed by atoms with Gasteiger partial charge in [-0.3, -0.25) is 0 Å². The molecule has 0 aliphatic carbocycles. The lowest BCUT2D eigenvalue weighted by Gasteiger charge is -2.22. The molecule has 92 valence electrons. The summed E-state index contributed by atoms with van der Waals surface area (Å²) in [6.07, 6.45) is 5.52. The van der Waals surface area contributed by atoms with Crippen molar-refractivity contribution in [2.45, 2.75) is 25.3 Å². The van der Waals surface area contributed by atoms with Crippen molar-refractivity contribution in [3.63, 3.8) is 0 Å². The maximum Gasteiger partial charge on any atom is 0.145 e. The van der Waals surface area contributed by atoms with E-state index in [4.69, 9.17) is 4.98 Å². The zero-order chi connectivity index (χ0) is 12.2. The van der Waals surface area contributed by atoms with Gasteiger partial charge in [0.05, 0.1) is 11.7 Å². The van der Waals surface area contributed by atoms with Crippen LogP contribution in [-0.2, 0) is 0 Å². The molecular weight excluding hydrogens is 222 g/mol. The maximum absolute atomic E-state index is 4.69. The normalized spacial score (nSPS) is 19.7. The van der Waals surface area contributed by atoms with Crippen LogP contribution in [0.25, 0.3) is 11.3 Å². The van der Waals surface area contributed by atoms with E-state index in [1.807, 2.05) is 30.5 Å². The van der Waals surface area contributed by atoms with Crippen molar-refractivity contribution in [1.82, 2.24) is 15.3 Å². The first-order valence-electron chi connectivity index (χ1n) is 6.55. The standard InChI is InChI=1S/C15H17N3/c1-2-6-12(7-3-1)13-9-11-17-15(18-13)14-8-4-5-10-16-14/h1-3,6-7,9,11,14,16H,4-5,8,10H2. The first-order valence-corrected chi connectivity index (χ1v) is 6.55. The van der Waals surface area contributed by atoms with Gasteiger partial charge in [0.1, 0.15) is 5.82 Å². The first-order chi connectivity index (χ1) is 8.93. The SMILES string of the molecule is c1ccc(-c2ccnc(C3CCCCN3)n2)cc1. The highest BCUT2D eigenvalue weighted by Crippen LogP contribution is 2.22.